The topological polar surface area (TPSA) is 60.9 Å². The Labute approximate surface area is 98.2 Å². The van der Waals surface area contributed by atoms with Crippen LogP contribution in [0.2, 0.25) is 0 Å². The molecule has 0 atom stereocenters. The Bertz CT molecular complexity index is 301. The lowest BCUT2D eigenvalue weighted by Gasteiger charge is -2.27. The molecule has 5 nitrogen and oxygen atoms in total. The van der Waals surface area contributed by atoms with E-state index in [1.165, 1.54) is 4.31 Å². The van der Waals surface area contributed by atoms with Gasteiger partial charge in [0.2, 0.25) is 0 Å². The van der Waals surface area contributed by atoms with Crippen LogP contribution in [-0.4, -0.2) is 54.9 Å². The van der Waals surface area contributed by atoms with Crippen LogP contribution in [0.5, 0.6) is 0 Å². The van der Waals surface area contributed by atoms with Gasteiger partial charge in [-0.3, -0.25) is 0 Å². The molecule has 0 amide bonds. The van der Waals surface area contributed by atoms with Gasteiger partial charge in [-0.2, -0.15) is 17.0 Å². The summed E-state index contributed by atoms with van der Waals surface area (Å²) >= 11 is 0. The molecule has 0 saturated heterocycles. The van der Waals surface area contributed by atoms with Crippen LogP contribution in [0.4, 0.5) is 0 Å². The molecule has 0 spiro atoms. The zero-order valence-electron chi connectivity index (χ0n) is 10.1. The maximum Gasteiger partial charge on any atom is 0.281 e. The SMILES string of the molecule is CCCN(C1CC1)S(=O)(=O)N(C)CCCO. The molecule has 1 aliphatic rings. The van der Waals surface area contributed by atoms with E-state index in [2.05, 4.69) is 0 Å². The van der Waals surface area contributed by atoms with Gasteiger partial charge in [0.25, 0.3) is 10.2 Å². The number of hydrogen-bond acceptors (Lipinski definition) is 3. The third-order valence-corrected chi connectivity index (χ3v) is 4.76. The van der Waals surface area contributed by atoms with Crippen LogP contribution in [0.25, 0.3) is 0 Å². The quantitative estimate of drug-likeness (QED) is 0.679. The summed E-state index contributed by atoms with van der Waals surface area (Å²) in [5.74, 6) is 0. The zero-order valence-corrected chi connectivity index (χ0v) is 10.9. The highest BCUT2D eigenvalue weighted by atomic mass is 32.2. The number of aliphatic hydroxyl groups is 1. The Balaban J connectivity index is 2.64. The molecule has 1 rings (SSSR count). The van der Waals surface area contributed by atoms with Crippen LogP contribution in [-0.2, 0) is 10.2 Å². The van der Waals surface area contributed by atoms with E-state index < -0.39 is 10.2 Å². The molecule has 16 heavy (non-hydrogen) atoms. The zero-order chi connectivity index (χ0) is 12.2. The van der Waals surface area contributed by atoms with Crippen molar-refractivity contribution in [3.8, 4) is 0 Å². The summed E-state index contributed by atoms with van der Waals surface area (Å²) in [7, 11) is -1.74. The van der Waals surface area contributed by atoms with Gasteiger partial charge in [0.15, 0.2) is 0 Å². The summed E-state index contributed by atoms with van der Waals surface area (Å²) in [6.07, 6.45) is 3.28. The van der Waals surface area contributed by atoms with E-state index in [0.29, 0.717) is 19.5 Å². The van der Waals surface area contributed by atoms with Crippen LogP contribution in [0.3, 0.4) is 0 Å². The molecule has 0 bridgehead atoms. The molecular weight excluding hydrogens is 228 g/mol. The van der Waals surface area contributed by atoms with E-state index in [9.17, 15) is 8.42 Å². The minimum absolute atomic E-state index is 0.0249. The average molecular weight is 250 g/mol. The van der Waals surface area contributed by atoms with Crippen LogP contribution >= 0.6 is 0 Å². The highest BCUT2D eigenvalue weighted by molar-refractivity contribution is 7.86. The minimum atomic E-state index is -3.32. The fraction of sp³-hybridized carbons (Fsp3) is 1.00. The van der Waals surface area contributed by atoms with Crippen LogP contribution in [0, 0.1) is 0 Å². The van der Waals surface area contributed by atoms with Gasteiger partial charge in [-0.25, -0.2) is 0 Å². The fourth-order valence-electron chi connectivity index (χ4n) is 1.66. The first-order valence-electron chi connectivity index (χ1n) is 5.88. The van der Waals surface area contributed by atoms with Gasteiger partial charge in [-0.15, -0.1) is 0 Å². The highest BCUT2D eigenvalue weighted by Gasteiger charge is 2.38. The maximum absolute atomic E-state index is 12.2. The molecule has 1 N–H and O–H groups in total. The Morgan fingerprint density at radius 3 is 2.38 bits per heavy atom. The van der Waals surface area contributed by atoms with Gasteiger partial charge < -0.3 is 5.11 Å². The molecule has 0 aliphatic heterocycles. The van der Waals surface area contributed by atoms with Gasteiger partial charge in [0.05, 0.1) is 0 Å². The number of aliphatic hydroxyl groups excluding tert-OH is 1. The third-order valence-electron chi connectivity index (χ3n) is 2.72. The molecular formula is C10H22N2O3S. The fourth-order valence-corrected chi connectivity index (χ4v) is 3.38. The first-order chi connectivity index (χ1) is 7.54. The molecule has 0 aromatic carbocycles. The molecule has 0 aromatic heterocycles. The Kier molecular flexibility index (Phi) is 5.17. The van der Waals surface area contributed by atoms with E-state index in [-0.39, 0.29) is 12.6 Å². The van der Waals surface area contributed by atoms with Crippen LogP contribution < -0.4 is 0 Å². The second-order valence-corrected chi connectivity index (χ2v) is 6.24. The van der Waals surface area contributed by atoms with Gasteiger partial charge >= 0.3 is 0 Å². The molecule has 1 aliphatic carbocycles. The second kappa shape index (κ2) is 5.95. The van der Waals surface area contributed by atoms with E-state index >= 15 is 0 Å². The van der Waals surface area contributed by atoms with Crippen molar-refractivity contribution < 1.29 is 13.5 Å². The first-order valence-corrected chi connectivity index (χ1v) is 7.27. The lowest BCUT2D eigenvalue weighted by atomic mass is 10.5. The van der Waals surface area contributed by atoms with Crippen LogP contribution in [0.15, 0.2) is 0 Å². The Morgan fingerprint density at radius 2 is 1.94 bits per heavy atom. The number of nitrogens with zero attached hydrogens (tertiary/aromatic N) is 2. The monoisotopic (exact) mass is 250 g/mol. The molecule has 0 aromatic rings. The predicted molar refractivity (Wildman–Crippen MR) is 63.3 cm³/mol. The molecule has 0 heterocycles. The summed E-state index contributed by atoms with van der Waals surface area (Å²) < 4.78 is 27.3. The normalized spacial score (nSPS) is 17.3. The van der Waals surface area contributed by atoms with Gasteiger partial charge in [-0.1, -0.05) is 6.92 Å². The van der Waals surface area contributed by atoms with Crippen molar-refractivity contribution in [2.45, 2.75) is 38.6 Å². The molecule has 1 fully saturated rings. The molecule has 0 unspecified atom stereocenters. The van der Waals surface area contributed by atoms with Crippen molar-refractivity contribution in [2.24, 2.45) is 0 Å². The van der Waals surface area contributed by atoms with Crippen molar-refractivity contribution in [3.05, 3.63) is 0 Å². The lowest BCUT2D eigenvalue weighted by molar-refractivity contribution is 0.270. The predicted octanol–water partition coefficient (Wildman–Crippen LogP) is 0.420. The van der Waals surface area contributed by atoms with Crippen molar-refractivity contribution >= 4 is 10.2 Å². The summed E-state index contributed by atoms with van der Waals surface area (Å²) in [6.45, 7) is 2.98. The van der Waals surface area contributed by atoms with Gasteiger partial charge in [0, 0.05) is 32.8 Å². The summed E-state index contributed by atoms with van der Waals surface area (Å²) in [5, 5.41) is 8.71. The average Bonchev–Trinajstić information content (AvgIpc) is 3.05. The summed E-state index contributed by atoms with van der Waals surface area (Å²) in [5.41, 5.74) is 0. The lowest BCUT2D eigenvalue weighted by Crippen LogP contribution is -2.44. The van der Waals surface area contributed by atoms with Gasteiger partial charge in [0.1, 0.15) is 0 Å². The minimum Gasteiger partial charge on any atom is -0.396 e. The van der Waals surface area contributed by atoms with E-state index in [1.54, 1.807) is 11.4 Å². The third kappa shape index (κ3) is 3.41. The molecule has 1 saturated carbocycles. The molecule has 96 valence electrons. The number of hydrogen-bond donors (Lipinski definition) is 1. The van der Waals surface area contributed by atoms with Crippen molar-refractivity contribution in [3.63, 3.8) is 0 Å². The maximum atomic E-state index is 12.2. The first kappa shape index (κ1) is 13.9. The Hall–Kier alpha value is -0.170. The van der Waals surface area contributed by atoms with Crippen molar-refractivity contribution in [2.75, 3.05) is 26.7 Å². The standard InChI is InChI=1S/C10H22N2O3S/c1-3-7-12(10-5-6-10)16(14,15)11(2)8-4-9-13/h10,13H,3-9H2,1-2H3. The Morgan fingerprint density at radius 1 is 1.31 bits per heavy atom. The van der Waals surface area contributed by atoms with Gasteiger partial charge in [-0.05, 0) is 25.7 Å². The number of rotatable bonds is 8. The van der Waals surface area contributed by atoms with E-state index in [4.69, 9.17) is 5.11 Å². The smallest absolute Gasteiger partial charge is 0.281 e. The van der Waals surface area contributed by atoms with E-state index in [1.807, 2.05) is 6.92 Å². The summed E-state index contributed by atoms with van der Waals surface area (Å²) in [4.78, 5) is 0. The molecule has 6 heteroatoms. The van der Waals surface area contributed by atoms with E-state index in [0.717, 1.165) is 19.3 Å². The van der Waals surface area contributed by atoms with Crippen molar-refractivity contribution in [1.82, 2.24) is 8.61 Å². The van der Waals surface area contributed by atoms with Crippen LogP contribution in [0.1, 0.15) is 32.6 Å². The summed E-state index contributed by atoms with van der Waals surface area (Å²) in [6, 6.07) is 0.210. The second-order valence-electron chi connectivity index (χ2n) is 4.25. The van der Waals surface area contributed by atoms with Crippen molar-refractivity contribution in [1.29, 1.82) is 0 Å². The largest absolute Gasteiger partial charge is 0.396 e. The molecule has 0 radical (unpaired) electrons. The highest BCUT2D eigenvalue weighted by Crippen LogP contribution is 2.30.